The number of aryl methyl sites for hydroxylation is 2. The SMILES string of the molecule is Cc1cccc(C)c1-n1nnnc1SCC(=O)c1cccc(Br)c1. The molecule has 5 nitrogen and oxygen atoms in total. The van der Waals surface area contributed by atoms with E-state index in [9.17, 15) is 4.79 Å². The Morgan fingerprint density at radius 1 is 1.17 bits per heavy atom. The van der Waals surface area contributed by atoms with Crippen LogP contribution >= 0.6 is 27.7 Å². The van der Waals surface area contributed by atoms with Gasteiger partial charge < -0.3 is 0 Å². The predicted molar refractivity (Wildman–Crippen MR) is 97.8 cm³/mol. The molecule has 0 N–H and O–H groups in total. The normalized spacial score (nSPS) is 10.8. The van der Waals surface area contributed by atoms with Crippen molar-refractivity contribution in [3.8, 4) is 5.69 Å². The van der Waals surface area contributed by atoms with Crippen molar-refractivity contribution in [3.63, 3.8) is 0 Å². The second kappa shape index (κ2) is 7.27. The van der Waals surface area contributed by atoms with Gasteiger partial charge in [0.2, 0.25) is 5.16 Å². The lowest BCUT2D eigenvalue weighted by atomic mass is 10.1. The number of para-hydroxylation sites is 1. The van der Waals surface area contributed by atoms with E-state index >= 15 is 0 Å². The summed E-state index contributed by atoms with van der Waals surface area (Å²) in [6.45, 7) is 4.04. The van der Waals surface area contributed by atoms with E-state index in [1.807, 2.05) is 56.3 Å². The minimum Gasteiger partial charge on any atom is -0.293 e. The largest absolute Gasteiger partial charge is 0.293 e. The number of halogens is 1. The molecule has 0 unspecified atom stereocenters. The van der Waals surface area contributed by atoms with Crippen molar-refractivity contribution in [3.05, 3.63) is 63.6 Å². The fourth-order valence-corrected chi connectivity index (χ4v) is 3.59. The molecule has 0 atom stereocenters. The molecule has 0 aliphatic rings. The molecule has 0 bridgehead atoms. The molecule has 0 spiro atoms. The Morgan fingerprint density at radius 3 is 2.58 bits per heavy atom. The van der Waals surface area contributed by atoms with Crippen molar-refractivity contribution >= 4 is 33.5 Å². The Labute approximate surface area is 152 Å². The summed E-state index contributed by atoms with van der Waals surface area (Å²) in [7, 11) is 0. The summed E-state index contributed by atoms with van der Waals surface area (Å²) < 4.78 is 2.59. The lowest BCUT2D eigenvalue weighted by Crippen LogP contribution is -2.07. The number of thioether (sulfide) groups is 1. The Kier molecular flexibility index (Phi) is 5.11. The van der Waals surface area contributed by atoms with Crippen LogP contribution in [0.5, 0.6) is 0 Å². The average molecular weight is 403 g/mol. The van der Waals surface area contributed by atoms with Gasteiger partial charge in [0.15, 0.2) is 5.78 Å². The molecule has 7 heteroatoms. The van der Waals surface area contributed by atoms with Crippen LogP contribution in [0.25, 0.3) is 5.69 Å². The van der Waals surface area contributed by atoms with E-state index in [4.69, 9.17) is 0 Å². The minimum atomic E-state index is 0.0392. The summed E-state index contributed by atoms with van der Waals surface area (Å²) in [5.74, 6) is 0.319. The summed E-state index contributed by atoms with van der Waals surface area (Å²) in [6.07, 6.45) is 0. The van der Waals surface area contributed by atoms with Crippen LogP contribution in [-0.4, -0.2) is 31.7 Å². The Bertz CT molecular complexity index is 874. The zero-order valence-corrected chi connectivity index (χ0v) is 15.6. The van der Waals surface area contributed by atoms with Gasteiger partial charge in [-0.3, -0.25) is 4.79 Å². The molecule has 0 radical (unpaired) electrons. The molecule has 0 aliphatic heterocycles. The maximum atomic E-state index is 12.4. The molecule has 1 heterocycles. The number of carbonyl (C=O) groups is 1. The monoisotopic (exact) mass is 402 g/mol. The first-order chi connectivity index (χ1) is 11.6. The minimum absolute atomic E-state index is 0.0392. The molecule has 1 aromatic heterocycles. The van der Waals surface area contributed by atoms with Crippen LogP contribution in [0.2, 0.25) is 0 Å². The van der Waals surface area contributed by atoms with Gasteiger partial charge in [-0.2, -0.15) is 4.68 Å². The van der Waals surface area contributed by atoms with Crippen molar-refractivity contribution < 1.29 is 4.79 Å². The number of carbonyl (C=O) groups excluding carboxylic acids is 1. The highest BCUT2D eigenvalue weighted by atomic mass is 79.9. The number of rotatable bonds is 5. The van der Waals surface area contributed by atoms with Crippen LogP contribution in [0.4, 0.5) is 0 Å². The van der Waals surface area contributed by atoms with Crippen molar-refractivity contribution in [2.45, 2.75) is 19.0 Å². The first kappa shape index (κ1) is 16.9. The van der Waals surface area contributed by atoms with Crippen LogP contribution in [0, 0.1) is 13.8 Å². The van der Waals surface area contributed by atoms with E-state index in [-0.39, 0.29) is 11.5 Å². The van der Waals surface area contributed by atoms with Gasteiger partial charge in [-0.05, 0) is 47.5 Å². The molecule has 122 valence electrons. The van der Waals surface area contributed by atoms with Gasteiger partial charge in [0.05, 0.1) is 11.4 Å². The van der Waals surface area contributed by atoms with E-state index in [0.717, 1.165) is 21.3 Å². The first-order valence-corrected chi connectivity index (χ1v) is 9.10. The summed E-state index contributed by atoms with van der Waals surface area (Å²) in [5, 5.41) is 12.5. The molecule has 0 saturated heterocycles. The fourth-order valence-electron chi connectivity index (χ4n) is 2.42. The van der Waals surface area contributed by atoms with Crippen molar-refractivity contribution in [2.24, 2.45) is 0 Å². The number of Topliss-reactive ketones (excluding diaryl/α,β-unsaturated/α-hetero) is 1. The molecule has 0 fully saturated rings. The maximum Gasteiger partial charge on any atom is 0.214 e. The molecule has 3 rings (SSSR count). The molecular weight excluding hydrogens is 388 g/mol. The average Bonchev–Trinajstić information content (AvgIpc) is 3.00. The number of hydrogen-bond donors (Lipinski definition) is 0. The quantitative estimate of drug-likeness (QED) is 0.476. The molecule has 3 aromatic rings. The lowest BCUT2D eigenvalue weighted by molar-refractivity contribution is 0.102. The number of ketones is 1. The lowest BCUT2D eigenvalue weighted by Gasteiger charge is -2.10. The second-order valence-corrected chi connectivity index (χ2v) is 7.19. The predicted octanol–water partition coefficient (Wildman–Crippen LogP) is 4.02. The number of hydrogen-bond acceptors (Lipinski definition) is 5. The van der Waals surface area contributed by atoms with Gasteiger partial charge in [0, 0.05) is 10.0 Å². The topological polar surface area (TPSA) is 60.7 Å². The highest BCUT2D eigenvalue weighted by Crippen LogP contribution is 2.24. The standard InChI is InChI=1S/C17H15BrN4OS/c1-11-5-3-6-12(2)16(11)22-17(19-20-21-22)24-10-15(23)13-7-4-8-14(18)9-13/h3-9H,10H2,1-2H3. The van der Waals surface area contributed by atoms with Gasteiger partial charge in [-0.15, -0.1) is 5.10 Å². The number of benzene rings is 2. The van der Waals surface area contributed by atoms with Crippen molar-refractivity contribution in [2.75, 3.05) is 5.75 Å². The van der Waals surface area contributed by atoms with Gasteiger partial charge in [0.1, 0.15) is 0 Å². The molecular formula is C17H15BrN4OS. The van der Waals surface area contributed by atoms with E-state index in [0.29, 0.717) is 10.7 Å². The molecule has 24 heavy (non-hydrogen) atoms. The van der Waals surface area contributed by atoms with E-state index in [1.54, 1.807) is 4.68 Å². The highest BCUT2D eigenvalue weighted by molar-refractivity contribution is 9.10. The maximum absolute atomic E-state index is 12.4. The molecule has 0 saturated carbocycles. The summed E-state index contributed by atoms with van der Waals surface area (Å²) >= 11 is 4.72. The molecule has 0 amide bonds. The summed E-state index contributed by atoms with van der Waals surface area (Å²) in [4.78, 5) is 12.4. The fraction of sp³-hybridized carbons (Fsp3) is 0.176. The van der Waals surface area contributed by atoms with Crippen LogP contribution in [-0.2, 0) is 0 Å². The number of tetrazole rings is 1. The Morgan fingerprint density at radius 2 is 1.88 bits per heavy atom. The summed E-state index contributed by atoms with van der Waals surface area (Å²) in [6, 6.07) is 13.4. The van der Waals surface area contributed by atoms with Gasteiger partial charge >= 0.3 is 0 Å². The third kappa shape index (κ3) is 3.57. The third-order valence-corrected chi connectivity index (χ3v) is 4.98. The Hall–Kier alpha value is -1.99. The van der Waals surface area contributed by atoms with E-state index < -0.39 is 0 Å². The highest BCUT2D eigenvalue weighted by Gasteiger charge is 2.15. The van der Waals surface area contributed by atoms with Crippen LogP contribution in [0.15, 0.2) is 52.1 Å². The van der Waals surface area contributed by atoms with Gasteiger partial charge in [-0.25, -0.2) is 0 Å². The number of nitrogens with zero attached hydrogens (tertiary/aromatic N) is 4. The Balaban J connectivity index is 1.81. The van der Waals surface area contributed by atoms with Crippen LogP contribution in [0.1, 0.15) is 21.5 Å². The zero-order valence-electron chi connectivity index (χ0n) is 13.2. The van der Waals surface area contributed by atoms with Gasteiger partial charge in [-0.1, -0.05) is 58.0 Å². The van der Waals surface area contributed by atoms with Crippen LogP contribution in [0.3, 0.4) is 0 Å². The van der Waals surface area contributed by atoms with Crippen molar-refractivity contribution in [1.29, 1.82) is 0 Å². The third-order valence-electron chi connectivity index (χ3n) is 3.57. The van der Waals surface area contributed by atoms with Gasteiger partial charge in [0.25, 0.3) is 0 Å². The second-order valence-electron chi connectivity index (χ2n) is 5.34. The summed E-state index contributed by atoms with van der Waals surface area (Å²) in [5.41, 5.74) is 3.80. The van der Waals surface area contributed by atoms with Crippen molar-refractivity contribution in [1.82, 2.24) is 20.2 Å². The first-order valence-electron chi connectivity index (χ1n) is 7.33. The molecule has 0 aliphatic carbocycles. The smallest absolute Gasteiger partial charge is 0.214 e. The zero-order chi connectivity index (χ0) is 17.1. The van der Waals surface area contributed by atoms with E-state index in [2.05, 4.69) is 31.5 Å². The number of aromatic nitrogens is 4. The van der Waals surface area contributed by atoms with Crippen LogP contribution < -0.4 is 0 Å². The molecule has 2 aromatic carbocycles. The van der Waals surface area contributed by atoms with E-state index in [1.165, 1.54) is 11.8 Å².